The Morgan fingerprint density at radius 1 is 1.29 bits per heavy atom. The van der Waals surface area contributed by atoms with Gasteiger partial charge in [-0.2, -0.15) is 4.99 Å². The Morgan fingerprint density at radius 2 is 1.88 bits per heavy atom. The summed E-state index contributed by atoms with van der Waals surface area (Å²) in [6.07, 6.45) is 1.58. The predicted octanol–water partition coefficient (Wildman–Crippen LogP) is 1.13. The van der Waals surface area contributed by atoms with Crippen molar-refractivity contribution in [3.05, 3.63) is 29.8 Å². The molecule has 0 unspecified atom stereocenters. The average Bonchev–Trinajstić information content (AvgIpc) is 2.57. The lowest BCUT2D eigenvalue weighted by Crippen LogP contribution is -2.22. The van der Waals surface area contributed by atoms with Gasteiger partial charge in [0.25, 0.3) is 5.91 Å². The van der Waals surface area contributed by atoms with E-state index in [1.807, 2.05) is 18.2 Å². The quantitative estimate of drug-likeness (QED) is 0.485. The smallest absolute Gasteiger partial charge is 0.261 e. The van der Waals surface area contributed by atoms with E-state index >= 15 is 0 Å². The number of amides is 1. The Bertz CT molecular complexity index is 602. The number of benzene rings is 1. The number of aliphatic imine (C=N–C) groups is 1. The van der Waals surface area contributed by atoms with Crippen LogP contribution in [-0.2, 0) is 4.79 Å². The van der Waals surface area contributed by atoms with E-state index in [-0.39, 0.29) is 12.4 Å². The van der Waals surface area contributed by atoms with Gasteiger partial charge in [-0.3, -0.25) is 4.79 Å². The first kappa shape index (κ1) is 19.5. The minimum atomic E-state index is -0.487. The Hall–Kier alpha value is -2.54. The van der Waals surface area contributed by atoms with Crippen LogP contribution in [0.25, 0.3) is 5.70 Å². The number of nitrogens with one attached hydrogen (secondary N) is 1. The molecule has 7 heteroatoms. The molecule has 0 heterocycles. The highest BCUT2D eigenvalue weighted by molar-refractivity contribution is 6.04. The van der Waals surface area contributed by atoms with Crippen molar-refractivity contribution < 1.29 is 14.3 Å². The second-order valence-corrected chi connectivity index (χ2v) is 5.50. The van der Waals surface area contributed by atoms with Crippen LogP contribution < -0.4 is 26.3 Å². The Morgan fingerprint density at radius 3 is 2.33 bits per heavy atom. The molecule has 0 aliphatic rings. The van der Waals surface area contributed by atoms with Crippen molar-refractivity contribution in [2.45, 2.75) is 13.8 Å². The number of hydrogen-bond acceptors (Lipinski definition) is 5. The summed E-state index contributed by atoms with van der Waals surface area (Å²) in [6, 6.07) is 5.47. The second kappa shape index (κ2) is 9.57. The number of methoxy groups -OCH3 is 2. The number of nitrogens with zero attached hydrogens (tertiary/aromatic N) is 1. The summed E-state index contributed by atoms with van der Waals surface area (Å²) >= 11 is 0. The summed E-state index contributed by atoms with van der Waals surface area (Å²) in [5.74, 6) is 1.21. The minimum absolute atomic E-state index is 0.0599. The van der Waals surface area contributed by atoms with Gasteiger partial charge >= 0.3 is 0 Å². The van der Waals surface area contributed by atoms with Crippen LogP contribution in [0.1, 0.15) is 19.4 Å². The molecule has 1 rings (SSSR count). The SMILES string of the molecule is COc1cccc(OC)c1/C(=C/C(N)=NC(=O)CN)NCC(C)C. The number of carbonyl (C=O) groups is 1. The first-order valence-electron chi connectivity index (χ1n) is 7.66. The van der Waals surface area contributed by atoms with E-state index < -0.39 is 5.91 Å². The standard InChI is InChI=1S/C17H26N4O3/c1-11(2)10-20-12(8-15(19)21-16(22)9-18)17-13(23-3)6-5-7-14(17)24-4/h5-8,11,20H,9-10,18H2,1-4H3,(H2,19,21,22)/b12-8-. The van der Waals surface area contributed by atoms with Gasteiger partial charge in [0.05, 0.1) is 32.0 Å². The summed E-state index contributed by atoms with van der Waals surface area (Å²) in [5.41, 5.74) is 12.5. The normalized spacial score (nSPS) is 12.2. The molecule has 132 valence electrons. The highest BCUT2D eigenvalue weighted by Gasteiger charge is 2.15. The van der Waals surface area contributed by atoms with Gasteiger partial charge in [0.15, 0.2) is 0 Å². The molecule has 0 aliphatic carbocycles. The molecule has 0 saturated carbocycles. The molecule has 0 aliphatic heterocycles. The van der Waals surface area contributed by atoms with Crippen LogP contribution in [0.15, 0.2) is 29.3 Å². The Balaban J connectivity index is 3.38. The molecule has 1 aromatic carbocycles. The number of hydrogen-bond donors (Lipinski definition) is 3. The molecule has 0 atom stereocenters. The monoisotopic (exact) mass is 334 g/mol. The van der Waals surface area contributed by atoms with Gasteiger partial charge in [-0.15, -0.1) is 0 Å². The number of amidine groups is 1. The molecule has 0 spiro atoms. The maximum atomic E-state index is 11.4. The zero-order valence-electron chi connectivity index (χ0n) is 14.6. The third-order valence-corrected chi connectivity index (χ3v) is 3.12. The van der Waals surface area contributed by atoms with Crippen molar-refractivity contribution in [1.29, 1.82) is 0 Å². The second-order valence-electron chi connectivity index (χ2n) is 5.50. The molecule has 0 radical (unpaired) electrons. The van der Waals surface area contributed by atoms with Gasteiger partial charge in [-0.1, -0.05) is 19.9 Å². The van der Waals surface area contributed by atoms with E-state index in [1.165, 1.54) is 0 Å². The number of rotatable bonds is 8. The van der Waals surface area contributed by atoms with Crippen molar-refractivity contribution in [2.24, 2.45) is 22.4 Å². The summed E-state index contributed by atoms with van der Waals surface area (Å²) in [7, 11) is 3.15. The maximum absolute atomic E-state index is 11.4. The van der Waals surface area contributed by atoms with Gasteiger partial charge < -0.3 is 26.3 Å². The summed E-state index contributed by atoms with van der Waals surface area (Å²) in [6.45, 7) is 4.67. The Labute approximate surface area is 142 Å². The highest BCUT2D eigenvalue weighted by atomic mass is 16.5. The van der Waals surface area contributed by atoms with Crippen molar-refractivity contribution in [1.82, 2.24) is 5.32 Å². The number of ether oxygens (including phenoxy) is 2. The van der Waals surface area contributed by atoms with Gasteiger partial charge in [0.1, 0.15) is 17.3 Å². The van der Waals surface area contributed by atoms with Crippen molar-refractivity contribution >= 4 is 17.4 Å². The molecule has 0 aromatic heterocycles. The molecule has 7 nitrogen and oxygen atoms in total. The van der Waals surface area contributed by atoms with Gasteiger partial charge in [-0.25, -0.2) is 0 Å². The van der Waals surface area contributed by atoms with E-state index in [0.29, 0.717) is 35.2 Å². The third kappa shape index (κ3) is 5.58. The van der Waals surface area contributed by atoms with E-state index in [9.17, 15) is 4.79 Å². The fourth-order valence-corrected chi connectivity index (χ4v) is 2.01. The lowest BCUT2D eigenvalue weighted by Gasteiger charge is -2.18. The number of nitrogens with two attached hydrogens (primary N) is 2. The van der Waals surface area contributed by atoms with Crippen LogP contribution in [0.5, 0.6) is 11.5 Å². The fraction of sp³-hybridized carbons (Fsp3) is 0.412. The average molecular weight is 334 g/mol. The summed E-state index contributed by atoms with van der Waals surface area (Å²) in [5, 5.41) is 3.30. The van der Waals surface area contributed by atoms with Crippen LogP contribution in [0.2, 0.25) is 0 Å². The minimum Gasteiger partial charge on any atom is -0.496 e. The van der Waals surface area contributed by atoms with E-state index in [1.54, 1.807) is 20.3 Å². The molecule has 5 N–H and O–H groups in total. The number of carbonyl (C=O) groups excluding carboxylic acids is 1. The van der Waals surface area contributed by atoms with Crippen LogP contribution in [0, 0.1) is 5.92 Å². The maximum Gasteiger partial charge on any atom is 0.261 e. The first-order valence-corrected chi connectivity index (χ1v) is 7.66. The zero-order chi connectivity index (χ0) is 18.1. The van der Waals surface area contributed by atoms with Crippen molar-refractivity contribution in [3.8, 4) is 11.5 Å². The van der Waals surface area contributed by atoms with E-state index in [4.69, 9.17) is 20.9 Å². The van der Waals surface area contributed by atoms with E-state index in [2.05, 4.69) is 24.2 Å². The van der Waals surface area contributed by atoms with Crippen LogP contribution in [-0.4, -0.2) is 39.1 Å². The molecule has 24 heavy (non-hydrogen) atoms. The molecular weight excluding hydrogens is 308 g/mol. The molecule has 0 saturated heterocycles. The first-order chi connectivity index (χ1) is 11.4. The highest BCUT2D eigenvalue weighted by Crippen LogP contribution is 2.33. The largest absolute Gasteiger partial charge is 0.496 e. The van der Waals surface area contributed by atoms with Crippen molar-refractivity contribution in [3.63, 3.8) is 0 Å². The molecule has 0 fully saturated rings. The topological polar surface area (TPSA) is 112 Å². The lowest BCUT2D eigenvalue weighted by atomic mass is 10.1. The molecule has 1 amide bonds. The van der Waals surface area contributed by atoms with Gasteiger partial charge in [0.2, 0.25) is 0 Å². The summed E-state index contributed by atoms with van der Waals surface area (Å²) in [4.78, 5) is 15.1. The van der Waals surface area contributed by atoms with Crippen molar-refractivity contribution in [2.75, 3.05) is 27.3 Å². The van der Waals surface area contributed by atoms with E-state index in [0.717, 1.165) is 0 Å². The van der Waals surface area contributed by atoms with Gasteiger partial charge in [-0.05, 0) is 18.1 Å². The van der Waals surface area contributed by atoms with Gasteiger partial charge in [0, 0.05) is 12.6 Å². The molecular formula is C17H26N4O3. The fourth-order valence-electron chi connectivity index (χ4n) is 2.01. The summed E-state index contributed by atoms with van der Waals surface area (Å²) < 4.78 is 10.9. The zero-order valence-corrected chi connectivity index (χ0v) is 14.6. The molecule has 0 bridgehead atoms. The van der Waals surface area contributed by atoms with Crippen LogP contribution in [0.3, 0.4) is 0 Å². The molecule has 1 aromatic rings. The third-order valence-electron chi connectivity index (χ3n) is 3.12. The van der Waals surface area contributed by atoms with Crippen LogP contribution in [0.4, 0.5) is 0 Å². The predicted molar refractivity (Wildman–Crippen MR) is 96.0 cm³/mol. The van der Waals surface area contributed by atoms with Crippen LogP contribution >= 0.6 is 0 Å². The Kier molecular flexibility index (Phi) is 7.77. The lowest BCUT2D eigenvalue weighted by molar-refractivity contribution is -0.116.